The van der Waals surface area contributed by atoms with Crippen LogP contribution in [0.1, 0.15) is 26.2 Å². The Kier molecular flexibility index (Phi) is 6.39. The molecule has 1 aliphatic heterocycles. The third-order valence-corrected chi connectivity index (χ3v) is 4.31. The molecule has 0 aliphatic carbocycles. The van der Waals surface area contributed by atoms with Crippen molar-refractivity contribution < 1.29 is 14.3 Å². The Morgan fingerprint density at radius 2 is 2.18 bits per heavy atom. The Balaban J connectivity index is 1.85. The van der Waals surface area contributed by atoms with Gasteiger partial charge in [0.2, 0.25) is 11.8 Å². The fourth-order valence-electron chi connectivity index (χ4n) is 2.45. The highest BCUT2D eigenvalue weighted by atomic mass is 79.9. The number of halogens is 1. The summed E-state index contributed by atoms with van der Waals surface area (Å²) in [6, 6.07) is 7.49. The second-order valence-electron chi connectivity index (χ2n) is 5.31. The Labute approximate surface area is 139 Å². The van der Waals surface area contributed by atoms with Gasteiger partial charge < -0.3 is 15.0 Å². The molecule has 0 spiro atoms. The van der Waals surface area contributed by atoms with Crippen LogP contribution in [0, 0.1) is 0 Å². The zero-order valence-electron chi connectivity index (χ0n) is 12.7. The maximum atomic E-state index is 11.9. The number of hydrogen-bond donors (Lipinski definition) is 1. The Morgan fingerprint density at radius 1 is 1.41 bits per heavy atom. The number of amides is 2. The summed E-state index contributed by atoms with van der Waals surface area (Å²) in [5.41, 5.74) is 0.780. The molecule has 5 nitrogen and oxygen atoms in total. The molecule has 0 saturated carbocycles. The SMILES string of the molecule is CC(=O)N(CCC(=O)NCC1CCCO1)c1ccccc1Br. The van der Waals surface area contributed by atoms with Gasteiger partial charge in [0.15, 0.2) is 0 Å². The molecule has 1 N–H and O–H groups in total. The van der Waals surface area contributed by atoms with Gasteiger partial charge in [-0.3, -0.25) is 9.59 Å². The van der Waals surface area contributed by atoms with Crippen LogP contribution in [0.5, 0.6) is 0 Å². The van der Waals surface area contributed by atoms with Crippen LogP contribution in [0.25, 0.3) is 0 Å². The summed E-state index contributed by atoms with van der Waals surface area (Å²) in [6.45, 7) is 3.19. The Hall–Kier alpha value is -1.40. The summed E-state index contributed by atoms with van der Waals surface area (Å²) in [5.74, 6) is -0.146. The van der Waals surface area contributed by atoms with Gasteiger partial charge in [0.25, 0.3) is 0 Å². The standard InChI is InChI=1S/C16H21BrN2O3/c1-12(20)19(15-7-3-2-6-14(15)17)9-8-16(21)18-11-13-5-4-10-22-13/h2-3,6-7,13H,4-5,8-11H2,1H3,(H,18,21). The molecule has 1 fully saturated rings. The molecular weight excluding hydrogens is 348 g/mol. The van der Waals surface area contributed by atoms with E-state index in [1.807, 2.05) is 24.3 Å². The van der Waals surface area contributed by atoms with Crippen LogP contribution in [0.4, 0.5) is 5.69 Å². The van der Waals surface area contributed by atoms with E-state index < -0.39 is 0 Å². The zero-order valence-corrected chi connectivity index (χ0v) is 14.3. The van der Waals surface area contributed by atoms with E-state index in [2.05, 4.69) is 21.2 Å². The van der Waals surface area contributed by atoms with E-state index >= 15 is 0 Å². The summed E-state index contributed by atoms with van der Waals surface area (Å²) >= 11 is 3.44. The van der Waals surface area contributed by atoms with Crippen molar-refractivity contribution in [3.63, 3.8) is 0 Å². The van der Waals surface area contributed by atoms with Crippen LogP contribution in [-0.4, -0.2) is 37.6 Å². The van der Waals surface area contributed by atoms with Crippen molar-refractivity contribution in [3.8, 4) is 0 Å². The minimum Gasteiger partial charge on any atom is -0.376 e. The lowest BCUT2D eigenvalue weighted by Gasteiger charge is -2.22. The molecule has 1 unspecified atom stereocenters. The lowest BCUT2D eigenvalue weighted by molar-refractivity contribution is -0.121. The van der Waals surface area contributed by atoms with Crippen molar-refractivity contribution in [2.75, 3.05) is 24.6 Å². The fourth-order valence-corrected chi connectivity index (χ4v) is 2.95. The average Bonchev–Trinajstić information content (AvgIpc) is 3.00. The van der Waals surface area contributed by atoms with Gasteiger partial charge in [-0.25, -0.2) is 0 Å². The minimum atomic E-state index is -0.0844. The monoisotopic (exact) mass is 368 g/mol. The number of rotatable bonds is 6. The average molecular weight is 369 g/mol. The van der Waals surface area contributed by atoms with Gasteiger partial charge >= 0.3 is 0 Å². The van der Waals surface area contributed by atoms with Gasteiger partial charge in [0.05, 0.1) is 11.8 Å². The third kappa shape index (κ3) is 4.81. The van der Waals surface area contributed by atoms with Crippen molar-refractivity contribution >= 4 is 33.4 Å². The molecule has 120 valence electrons. The number of nitrogens with zero attached hydrogens (tertiary/aromatic N) is 1. The first-order valence-corrected chi connectivity index (χ1v) is 8.28. The largest absolute Gasteiger partial charge is 0.376 e. The van der Waals surface area contributed by atoms with Gasteiger partial charge in [0, 0.05) is 37.5 Å². The van der Waals surface area contributed by atoms with E-state index in [1.165, 1.54) is 6.92 Å². The molecule has 0 radical (unpaired) electrons. The van der Waals surface area contributed by atoms with Gasteiger partial charge in [-0.15, -0.1) is 0 Å². The Bertz CT molecular complexity index is 530. The van der Waals surface area contributed by atoms with Crippen molar-refractivity contribution in [1.82, 2.24) is 5.32 Å². The second kappa shape index (κ2) is 8.29. The molecule has 2 amide bonds. The smallest absolute Gasteiger partial charge is 0.223 e. The fraction of sp³-hybridized carbons (Fsp3) is 0.500. The van der Waals surface area contributed by atoms with E-state index in [4.69, 9.17) is 4.74 Å². The maximum absolute atomic E-state index is 11.9. The van der Waals surface area contributed by atoms with Crippen molar-refractivity contribution in [2.24, 2.45) is 0 Å². The number of hydrogen-bond acceptors (Lipinski definition) is 3. The first-order chi connectivity index (χ1) is 10.6. The predicted octanol–water partition coefficient (Wildman–Crippen LogP) is 2.49. The lowest BCUT2D eigenvalue weighted by Crippen LogP contribution is -2.36. The Morgan fingerprint density at radius 3 is 2.82 bits per heavy atom. The highest BCUT2D eigenvalue weighted by Crippen LogP contribution is 2.25. The van der Waals surface area contributed by atoms with Crippen LogP contribution in [0.2, 0.25) is 0 Å². The number of carbonyl (C=O) groups is 2. The topological polar surface area (TPSA) is 58.6 Å². The quantitative estimate of drug-likeness (QED) is 0.838. The molecule has 1 aromatic carbocycles. The number of benzene rings is 1. The maximum Gasteiger partial charge on any atom is 0.223 e. The van der Waals surface area contributed by atoms with Crippen LogP contribution < -0.4 is 10.2 Å². The zero-order chi connectivity index (χ0) is 15.9. The van der Waals surface area contributed by atoms with Gasteiger partial charge in [0.1, 0.15) is 0 Å². The van der Waals surface area contributed by atoms with Gasteiger partial charge in [-0.1, -0.05) is 12.1 Å². The van der Waals surface area contributed by atoms with E-state index in [-0.39, 0.29) is 24.3 Å². The molecule has 1 aromatic rings. The molecule has 6 heteroatoms. The van der Waals surface area contributed by atoms with Crippen molar-refractivity contribution in [2.45, 2.75) is 32.3 Å². The predicted molar refractivity (Wildman–Crippen MR) is 88.8 cm³/mol. The molecule has 2 rings (SSSR count). The van der Waals surface area contributed by atoms with Crippen molar-refractivity contribution in [3.05, 3.63) is 28.7 Å². The van der Waals surface area contributed by atoms with Crippen molar-refractivity contribution in [1.29, 1.82) is 0 Å². The summed E-state index contributed by atoms with van der Waals surface area (Å²) in [6.07, 6.45) is 2.46. The molecule has 1 atom stereocenters. The van der Waals surface area contributed by atoms with Gasteiger partial charge in [-0.05, 0) is 40.9 Å². The molecule has 1 aliphatic rings. The van der Waals surface area contributed by atoms with Crippen LogP contribution >= 0.6 is 15.9 Å². The van der Waals surface area contributed by atoms with Crippen LogP contribution in [-0.2, 0) is 14.3 Å². The number of nitrogens with one attached hydrogen (secondary N) is 1. The van der Waals surface area contributed by atoms with Crippen LogP contribution in [0.3, 0.4) is 0 Å². The normalized spacial score (nSPS) is 17.3. The summed E-state index contributed by atoms with van der Waals surface area (Å²) in [7, 11) is 0. The lowest BCUT2D eigenvalue weighted by atomic mass is 10.2. The molecule has 1 heterocycles. The minimum absolute atomic E-state index is 0.0613. The van der Waals surface area contributed by atoms with Gasteiger partial charge in [-0.2, -0.15) is 0 Å². The summed E-state index contributed by atoms with van der Waals surface area (Å²) in [5, 5.41) is 2.87. The first kappa shape index (κ1) is 17.0. The summed E-state index contributed by atoms with van der Waals surface area (Å²) in [4.78, 5) is 25.4. The highest BCUT2D eigenvalue weighted by Gasteiger charge is 2.18. The highest BCUT2D eigenvalue weighted by molar-refractivity contribution is 9.10. The third-order valence-electron chi connectivity index (χ3n) is 3.64. The second-order valence-corrected chi connectivity index (χ2v) is 6.17. The van der Waals surface area contributed by atoms with E-state index in [9.17, 15) is 9.59 Å². The van der Waals surface area contributed by atoms with Crippen LogP contribution in [0.15, 0.2) is 28.7 Å². The number of carbonyl (C=O) groups excluding carboxylic acids is 2. The molecule has 1 saturated heterocycles. The molecule has 0 aromatic heterocycles. The number of anilines is 1. The van der Waals surface area contributed by atoms with E-state index in [1.54, 1.807) is 4.90 Å². The first-order valence-electron chi connectivity index (χ1n) is 7.49. The van der Waals surface area contributed by atoms with E-state index in [0.717, 1.165) is 29.6 Å². The molecular formula is C16H21BrN2O3. The van der Waals surface area contributed by atoms with E-state index in [0.29, 0.717) is 13.1 Å². The number of ether oxygens (including phenoxy) is 1. The summed E-state index contributed by atoms with van der Waals surface area (Å²) < 4.78 is 6.30. The molecule has 0 bridgehead atoms. The molecule has 22 heavy (non-hydrogen) atoms. The number of para-hydroxylation sites is 1.